The number of aliphatic hydroxyl groups excluding tert-OH is 1. The van der Waals surface area contributed by atoms with E-state index in [1.807, 2.05) is 19.1 Å². The summed E-state index contributed by atoms with van der Waals surface area (Å²) in [6.07, 6.45) is 1.05. The molecule has 0 bridgehead atoms. The number of carbonyl (C=O) groups excluding carboxylic acids is 1. The third-order valence-corrected chi connectivity index (χ3v) is 5.17. The Hall–Kier alpha value is -2.84. The highest BCUT2D eigenvalue weighted by Crippen LogP contribution is 2.25. The molecule has 162 valence electrons. The zero-order valence-electron chi connectivity index (χ0n) is 17.7. The van der Waals surface area contributed by atoms with E-state index >= 15 is 0 Å². The van der Waals surface area contributed by atoms with E-state index in [0.29, 0.717) is 30.0 Å². The fourth-order valence-corrected chi connectivity index (χ4v) is 3.54. The van der Waals surface area contributed by atoms with Crippen LogP contribution in [0.3, 0.4) is 0 Å². The summed E-state index contributed by atoms with van der Waals surface area (Å²) < 4.78 is 15.6. The van der Waals surface area contributed by atoms with Gasteiger partial charge in [-0.05, 0) is 30.7 Å². The molecule has 1 unspecified atom stereocenters. The third-order valence-electron chi connectivity index (χ3n) is 5.17. The van der Waals surface area contributed by atoms with Crippen molar-refractivity contribution in [1.29, 1.82) is 0 Å². The molecule has 0 spiro atoms. The van der Waals surface area contributed by atoms with Crippen LogP contribution >= 0.6 is 0 Å². The monoisotopic (exact) mass is 415 g/mol. The highest BCUT2D eigenvalue weighted by Gasteiger charge is 2.22. The average Bonchev–Trinajstić information content (AvgIpc) is 2.79. The maximum Gasteiger partial charge on any atom is 0.341 e. The number of esters is 1. The first-order chi connectivity index (χ1) is 14.5. The lowest BCUT2D eigenvalue weighted by atomic mass is 10.0. The molecule has 2 aromatic rings. The number of nitrogens with zero attached hydrogens (tertiary/aromatic N) is 3. The number of carbonyl (C=O) groups is 1. The van der Waals surface area contributed by atoms with E-state index in [4.69, 9.17) is 14.2 Å². The van der Waals surface area contributed by atoms with Gasteiger partial charge < -0.3 is 24.2 Å². The van der Waals surface area contributed by atoms with Gasteiger partial charge in [0.2, 0.25) is 0 Å². The molecule has 0 amide bonds. The molecule has 1 aromatic carbocycles. The lowest BCUT2D eigenvalue weighted by Gasteiger charge is -2.36. The SMILES string of the molecule is CCOc1ccnc(N2CCN(CC(O)c3ccc(OC)c(C(=O)OC)c3)CC2)c1. The fraction of sp³-hybridized carbons (Fsp3) is 0.455. The molecule has 0 saturated carbocycles. The second kappa shape index (κ2) is 10.3. The first-order valence-electron chi connectivity index (χ1n) is 10.1. The summed E-state index contributed by atoms with van der Waals surface area (Å²) >= 11 is 0. The average molecular weight is 415 g/mol. The van der Waals surface area contributed by atoms with Crippen LogP contribution in [-0.2, 0) is 4.74 Å². The van der Waals surface area contributed by atoms with Crippen molar-refractivity contribution in [2.24, 2.45) is 0 Å². The van der Waals surface area contributed by atoms with Gasteiger partial charge in [0.1, 0.15) is 22.9 Å². The van der Waals surface area contributed by atoms with Gasteiger partial charge in [-0.15, -0.1) is 0 Å². The zero-order valence-corrected chi connectivity index (χ0v) is 17.7. The van der Waals surface area contributed by atoms with E-state index in [2.05, 4.69) is 14.8 Å². The molecule has 2 heterocycles. The van der Waals surface area contributed by atoms with Crippen LogP contribution in [0.25, 0.3) is 0 Å². The molecule has 1 saturated heterocycles. The lowest BCUT2D eigenvalue weighted by Crippen LogP contribution is -2.47. The van der Waals surface area contributed by atoms with Crippen molar-refractivity contribution in [1.82, 2.24) is 9.88 Å². The Balaban J connectivity index is 1.59. The van der Waals surface area contributed by atoms with E-state index < -0.39 is 12.1 Å². The first kappa shape index (κ1) is 21.9. The van der Waals surface area contributed by atoms with Crippen molar-refractivity contribution in [3.63, 3.8) is 0 Å². The number of anilines is 1. The van der Waals surface area contributed by atoms with Crippen molar-refractivity contribution in [2.75, 3.05) is 58.5 Å². The molecule has 8 heteroatoms. The van der Waals surface area contributed by atoms with Crippen LogP contribution in [0.5, 0.6) is 11.5 Å². The normalized spacial score (nSPS) is 15.5. The molecule has 1 aliphatic heterocycles. The van der Waals surface area contributed by atoms with Gasteiger partial charge in [-0.2, -0.15) is 0 Å². The van der Waals surface area contributed by atoms with Crippen LogP contribution in [0.2, 0.25) is 0 Å². The molecule has 1 aromatic heterocycles. The maximum atomic E-state index is 12.0. The quantitative estimate of drug-likeness (QED) is 0.657. The maximum absolute atomic E-state index is 12.0. The van der Waals surface area contributed by atoms with Crippen molar-refractivity contribution in [3.8, 4) is 11.5 Å². The second-order valence-electron chi connectivity index (χ2n) is 7.04. The molecule has 3 rings (SSSR count). The summed E-state index contributed by atoms with van der Waals surface area (Å²) in [5, 5.41) is 10.7. The summed E-state index contributed by atoms with van der Waals surface area (Å²) in [6, 6.07) is 8.90. The van der Waals surface area contributed by atoms with Crippen molar-refractivity contribution in [2.45, 2.75) is 13.0 Å². The fourth-order valence-electron chi connectivity index (χ4n) is 3.54. The second-order valence-corrected chi connectivity index (χ2v) is 7.04. The van der Waals surface area contributed by atoms with Crippen LogP contribution < -0.4 is 14.4 Å². The lowest BCUT2D eigenvalue weighted by molar-refractivity contribution is 0.0596. The number of rotatable bonds is 8. The Morgan fingerprint density at radius 3 is 2.60 bits per heavy atom. The number of hydrogen-bond acceptors (Lipinski definition) is 8. The number of aliphatic hydroxyl groups is 1. The standard InChI is InChI=1S/C22H29N3O5/c1-4-30-17-7-8-23-21(14-17)25-11-9-24(10-12-25)15-19(26)16-5-6-20(28-2)18(13-16)22(27)29-3/h5-8,13-14,19,26H,4,9-12,15H2,1-3H3. The van der Waals surface area contributed by atoms with E-state index in [1.54, 1.807) is 24.4 Å². The van der Waals surface area contributed by atoms with Crippen LogP contribution in [0.15, 0.2) is 36.5 Å². The molecule has 1 fully saturated rings. The Morgan fingerprint density at radius 2 is 1.93 bits per heavy atom. The molecule has 0 aliphatic carbocycles. The number of piperazine rings is 1. The summed E-state index contributed by atoms with van der Waals surface area (Å²) in [5.74, 6) is 1.66. The number of benzene rings is 1. The minimum absolute atomic E-state index is 0.307. The largest absolute Gasteiger partial charge is 0.496 e. The van der Waals surface area contributed by atoms with Gasteiger partial charge in [-0.25, -0.2) is 9.78 Å². The number of methoxy groups -OCH3 is 2. The molecule has 8 nitrogen and oxygen atoms in total. The third kappa shape index (κ3) is 5.20. The minimum Gasteiger partial charge on any atom is -0.496 e. The topological polar surface area (TPSA) is 84.4 Å². The molecular formula is C22H29N3O5. The highest BCUT2D eigenvalue weighted by atomic mass is 16.5. The summed E-state index contributed by atoms with van der Waals surface area (Å²) in [4.78, 5) is 20.9. The van der Waals surface area contributed by atoms with E-state index in [-0.39, 0.29) is 0 Å². The molecule has 1 aliphatic rings. The van der Waals surface area contributed by atoms with Gasteiger partial charge in [-0.3, -0.25) is 4.90 Å². The van der Waals surface area contributed by atoms with Gasteiger partial charge in [0.25, 0.3) is 0 Å². The summed E-state index contributed by atoms with van der Waals surface area (Å²) in [6.45, 7) is 6.29. The van der Waals surface area contributed by atoms with Gasteiger partial charge in [0.15, 0.2) is 0 Å². The van der Waals surface area contributed by atoms with Gasteiger partial charge in [0, 0.05) is 45.0 Å². The van der Waals surface area contributed by atoms with E-state index in [0.717, 1.165) is 37.7 Å². The van der Waals surface area contributed by atoms with Crippen LogP contribution in [0.4, 0.5) is 5.82 Å². The van der Waals surface area contributed by atoms with Gasteiger partial charge in [0.05, 0.1) is 26.9 Å². The number of ether oxygens (including phenoxy) is 3. The number of aromatic nitrogens is 1. The smallest absolute Gasteiger partial charge is 0.341 e. The number of pyridine rings is 1. The molecule has 0 radical (unpaired) electrons. The zero-order chi connectivity index (χ0) is 21.5. The van der Waals surface area contributed by atoms with Gasteiger partial charge in [-0.1, -0.05) is 6.07 Å². The summed E-state index contributed by atoms with van der Waals surface area (Å²) in [7, 11) is 2.82. The van der Waals surface area contributed by atoms with Crippen LogP contribution in [0.1, 0.15) is 28.9 Å². The van der Waals surface area contributed by atoms with E-state index in [1.165, 1.54) is 14.2 Å². The van der Waals surface area contributed by atoms with Crippen molar-refractivity contribution < 1.29 is 24.1 Å². The molecular weight excluding hydrogens is 386 g/mol. The molecule has 1 atom stereocenters. The predicted octanol–water partition coefficient (Wildman–Crippen LogP) is 2.13. The number of hydrogen-bond donors (Lipinski definition) is 1. The Kier molecular flexibility index (Phi) is 7.48. The molecule has 30 heavy (non-hydrogen) atoms. The van der Waals surface area contributed by atoms with Gasteiger partial charge >= 0.3 is 5.97 Å². The Morgan fingerprint density at radius 1 is 1.17 bits per heavy atom. The Bertz CT molecular complexity index is 852. The summed E-state index contributed by atoms with van der Waals surface area (Å²) in [5.41, 5.74) is 0.964. The minimum atomic E-state index is -0.717. The van der Waals surface area contributed by atoms with Crippen molar-refractivity contribution in [3.05, 3.63) is 47.7 Å². The Labute approximate surface area is 177 Å². The van der Waals surface area contributed by atoms with Crippen LogP contribution in [-0.4, -0.2) is 74.5 Å². The predicted molar refractivity (Wildman–Crippen MR) is 113 cm³/mol. The highest BCUT2D eigenvalue weighted by molar-refractivity contribution is 5.92. The first-order valence-corrected chi connectivity index (χ1v) is 10.1. The van der Waals surface area contributed by atoms with Crippen molar-refractivity contribution >= 4 is 11.8 Å². The number of β-amino-alcohol motifs (C(OH)–C–C–N with tert-alkyl or cyclic N) is 1. The van der Waals surface area contributed by atoms with Crippen LogP contribution in [0, 0.1) is 0 Å². The van der Waals surface area contributed by atoms with E-state index in [9.17, 15) is 9.90 Å². The molecule has 1 N–H and O–H groups in total.